The molecule has 4 heteroatoms. The molecule has 5 atom stereocenters. The number of ketones is 1. The van der Waals surface area contributed by atoms with Crippen molar-refractivity contribution >= 4 is 11.7 Å². The van der Waals surface area contributed by atoms with Crippen LogP contribution in [0.2, 0.25) is 0 Å². The fraction of sp³-hybridized carbons (Fsp3) is 0.700. The highest BCUT2D eigenvalue weighted by atomic mass is 16.3. The van der Waals surface area contributed by atoms with Gasteiger partial charge in [0.25, 0.3) is 0 Å². The van der Waals surface area contributed by atoms with E-state index in [9.17, 15) is 14.7 Å². The molecule has 1 fully saturated rings. The van der Waals surface area contributed by atoms with Crippen molar-refractivity contribution in [1.29, 1.82) is 0 Å². The lowest BCUT2D eigenvalue weighted by atomic mass is 9.51. The maximum atomic E-state index is 12.7. The molecule has 0 aromatic heterocycles. The van der Waals surface area contributed by atoms with Gasteiger partial charge >= 0.3 is 0 Å². The highest BCUT2D eigenvalue weighted by Gasteiger charge is 2.55. The Kier molecular flexibility index (Phi) is 8.19. The largest absolute Gasteiger partial charge is 0.504 e. The van der Waals surface area contributed by atoms with Crippen molar-refractivity contribution in [3.05, 3.63) is 40.9 Å². The molecule has 4 nitrogen and oxygen atoms in total. The first kappa shape index (κ1) is 25.0. The number of hydrogen-bond donors (Lipinski definition) is 2. The number of carbonyl (C=O) groups is 2. The maximum absolute atomic E-state index is 12.7. The van der Waals surface area contributed by atoms with Gasteiger partial charge < -0.3 is 10.4 Å². The Hall–Kier alpha value is -2.06. The third-order valence-electron chi connectivity index (χ3n) is 9.25. The third-order valence-corrected chi connectivity index (χ3v) is 9.25. The normalized spacial score (nSPS) is 31.7. The molecule has 2 N–H and O–H groups in total. The lowest BCUT2D eigenvalue weighted by Gasteiger charge is -2.52. The van der Waals surface area contributed by atoms with Gasteiger partial charge in [-0.25, -0.2) is 0 Å². The van der Waals surface area contributed by atoms with E-state index in [-0.39, 0.29) is 11.3 Å². The molecule has 0 aliphatic heterocycles. The Morgan fingerprint density at radius 2 is 1.85 bits per heavy atom. The van der Waals surface area contributed by atoms with Crippen LogP contribution >= 0.6 is 0 Å². The molecule has 0 radical (unpaired) electrons. The van der Waals surface area contributed by atoms with Gasteiger partial charge in [0.2, 0.25) is 5.91 Å². The molecule has 0 saturated heterocycles. The Morgan fingerprint density at radius 1 is 1.15 bits per heavy atom. The van der Waals surface area contributed by atoms with Crippen LogP contribution in [0, 0.1) is 29.1 Å². The number of carbonyl (C=O) groups excluding carboxylic acids is 2. The highest BCUT2D eigenvalue weighted by Crippen LogP contribution is 2.59. The number of aliphatic hydroxyl groups excluding tert-OH is 1. The van der Waals surface area contributed by atoms with E-state index in [1.807, 2.05) is 6.08 Å². The number of aliphatic hydroxyl groups is 1. The maximum Gasteiger partial charge on any atom is 0.219 e. The molecule has 0 heterocycles. The van der Waals surface area contributed by atoms with Crippen LogP contribution < -0.4 is 5.32 Å². The summed E-state index contributed by atoms with van der Waals surface area (Å²) in [5.74, 6) is 2.88. The molecule has 0 spiro atoms. The number of nitrogens with one attached hydrogen (secondary N) is 1. The molecule has 186 valence electrons. The van der Waals surface area contributed by atoms with E-state index < -0.39 is 0 Å². The lowest BCUT2D eigenvalue weighted by molar-refractivity contribution is -0.128. The highest BCUT2D eigenvalue weighted by molar-refractivity contribution is 5.97. The second-order valence-electron chi connectivity index (χ2n) is 11.4. The van der Waals surface area contributed by atoms with Crippen LogP contribution in [0.3, 0.4) is 0 Å². The third kappa shape index (κ3) is 5.28. The van der Waals surface area contributed by atoms with Gasteiger partial charge in [-0.2, -0.15) is 0 Å². The van der Waals surface area contributed by atoms with Crippen molar-refractivity contribution in [3.8, 4) is 0 Å². The van der Waals surface area contributed by atoms with Crippen molar-refractivity contribution in [2.24, 2.45) is 29.1 Å². The molecule has 4 aliphatic rings. The van der Waals surface area contributed by atoms with Gasteiger partial charge in [-0.05, 0) is 73.5 Å². The van der Waals surface area contributed by atoms with Gasteiger partial charge in [0.1, 0.15) is 5.76 Å². The molecule has 0 bridgehead atoms. The van der Waals surface area contributed by atoms with Gasteiger partial charge in [-0.15, -0.1) is 0 Å². The van der Waals surface area contributed by atoms with Gasteiger partial charge in [0.15, 0.2) is 5.78 Å². The minimum atomic E-state index is -0.203. The molecule has 3 unspecified atom stereocenters. The van der Waals surface area contributed by atoms with Crippen molar-refractivity contribution < 1.29 is 14.7 Å². The summed E-state index contributed by atoms with van der Waals surface area (Å²) < 4.78 is 0. The fourth-order valence-corrected chi connectivity index (χ4v) is 7.29. The zero-order chi connectivity index (χ0) is 24.1. The first-order valence-corrected chi connectivity index (χ1v) is 13.7. The number of allylic oxidation sites excluding steroid dienone is 4. The summed E-state index contributed by atoms with van der Waals surface area (Å²) in [5.41, 5.74) is 5.73. The Morgan fingerprint density at radius 3 is 2.59 bits per heavy atom. The molecule has 34 heavy (non-hydrogen) atoms. The average Bonchev–Trinajstić information content (AvgIpc) is 3.13. The predicted molar refractivity (Wildman–Crippen MR) is 136 cm³/mol. The monoisotopic (exact) mass is 465 g/mol. The summed E-state index contributed by atoms with van der Waals surface area (Å²) in [6.07, 6.45) is 21.6. The van der Waals surface area contributed by atoms with Gasteiger partial charge in [0.05, 0.1) is 0 Å². The van der Waals surface area contributed by atoms with Crippen LogP contribution in [-0.4, -0.2) is 23.8 Å². The van der Waals surface area contributed by atoms with Crippen LogP contribution in [0.1, 0.15) is 96.8 Å². The zero-order valence-corrected chi connectivity index (χ0v) is 21.2. The smallest absolute Gasteiger partial charge is 0.219 e. The molecule has 0 aromatic carbocycles. The van der Waals surface area contributed by atoms with Crippen LogP contribution in [0.25, 0.3) is 0 Å². The topological polar surface area (TPSA) is 66.4 Å². The van der Waals surface area contributed by atoms with E-state index in [2.05, 4.69) is 30.1 Å². The average molecular weight is 466 g/mol. The van der Waals surface area contributed by atoms with Gasteiger partial charge in [-0.1, -0.05) is 69.2 Å². The molecule has 1 saturated carbocycles. The summed E-state index contributed by atoms with van der Waals surface area (Å²) in [4.78, 5) is 24.0. The summed E-state index contributed by atoms with van der Waals surface area (Å²) in [7, 11) is 1.70. The number of amides is 1. The minimum absolute atomic E-state index is 0.152. The second-order valence-corrected chi connectivity index (χ2v) is 11.4. The molecule has 4 aliphatic carbocycles. The van der Waals surface area contributed by atoms with Crippen LogP contribution in [0.15, 0.2) is 40.9 Å². The number of unbranched alkanes of at least 4 members (excludes halogenated alkanes) is 7. The van der Waals surface area contributed by atoms with E-state index in [4.69, 9.17) is 0 Å². The number of rotatable bonds is 11. The first-order valence-electron chi connectivity index (χ1n) is 13.7. The molecule has 4 rings (SSSR count). The van der Waals surface area contributed by atoms with E-state index in [0.717, 1.165) is 32.1 Å². The number of fused-ring (bicyclic) bond motifs is 4. The zero-order valence-electron chi connectivity index (χ0n) is 21.2. The van der Waals surface area contributed by atoms with E-state index in [1.54, 1.807) is 7.05 Å². The van der Waals surface area contributed by atoms with Gasteiger partial charge in [0, 0.05) is 25.3 Å². The summed E-state index contributed by atoms with van der Waals surface area (Å²) >= 11 is 0. The molecule has 0 aromatic rings. The Balaban J connectivity index is 1.28. The van der Waals surface area contributed by atoms with Crippen molar-refractivity contribution in [2.75, 3.05) is 7.05 Å². The SMILES string of the molecule is CNC(=O)CCCCCCCCCC[C@@H]1CC2=C(C=C=C(O)C2)C2CC[C@]3(C)C(=O)C=CC3C21. The van der Waals surface area contributed by atoms with Gasteiger partial charge in [-0.3, -0.25) is 9.59 Å². The van der Waals surface area contributed by atoms with Crippen molar-refractivity contribution in [1.82, 2.24) is 5.32 Å². The second kappa shape index (κ2) is 11.1. The quantitative estimate of drug-likeness (QED) is 0.262. The van der Waals surface area contributed by atoms with E-state index in [0.29, 0.717) is 48.1 Å². The van der Waals surface area contributed by atoms with E-state index >= 15 is 0 Å². The van der Waals surface area contributed by atoms with Crippen LogP contribution in [0.5, 0.6) is 0 Å². The predicted octanol–water partition coefficient (Wildman–Crippen LogP) is 6.74. The van der Waals surface area contributed by atoms with Crippen molar-refractivity contribution in [3.63, 3.8) is 0 Å². The summed E-state index contributed by atoms with van der Waals surface area (Å²) in [5, 5.41) is 12.8. The summed E-state index contributed by atoms with van der Waals surface area (Å²) in [6, 6.07) is 0. The van der Waals surface area contributed by atoms with E-state index in [1.165, 1.54) is 56.1 Å². The Labute approximate surface area is 205 Å². The summed E-state index contributed by atoms with van der Waals surface area (Å²) in [6.45, 7) is 2.20. The molecular weight excluding hydrogens is 422 g/mol. The minimum Gasteiger partial charge on any atom is -0.504 e. The molecule has 1 amide bonds. The molecular formula is C30H43NO3. The Bertz CT molecular complexity index is 906. The number of hydrogen-bond acceptors (Lipinski definition) is 3. The first-order chi connectivity index (χ1) is 16.4. The van der Waals surface area contributed by atoms with Crippen molar-refractivity contribution in [2.45, 2.75) is 96.8 Å². The van der Waals surface area contributed by atoms with Crippen LogP contribution in [-0.2, 0) is 9.59 Å². The lowest BCUT2D eigenvalue weighted by Crippen LogP contribution is -2.47. The van der Waals surface area contributed by atoms with Crippen LogP contribution in [0.4, 0.5) is 0 Å². The fourth-order valence-electron chi connectivity index (χ4n) is 7.29. The standard InChI is InChI=1S/C30H43NO3/c1-30-18-17-25-24-14-13-23(32)20-22(24)19-21(29(25)26(30)15-16-27(30)33)11-9-7-5-3-4-6-8-10-12-28(34)31-2/h14-16,21,25-26,29,32H,3-12,17-20H2,1-2H3,(H,31,34)/t21-,25?,26?,29?,30+/m1/s1.